The summed E-state index contributed by atoms with van der Waals surface area (Å²) in [7, 11) is 0. The number of nitrogens with zero attached hydrogens (tertiary/aromatic N) is 4. The molecule has 1 aliphatic rings. The molecule has 2 aromatic heterocycles. The van der Waals surface area contributed by atoms with Gasteiger partial charge in [0.25, 0.3) is 0 Å². The molecule has 0 bridgehead atoms. The molecule has 26 heavy (non-hydrogen) atoms. The van der Waals surface area contributed by atoms with Gasteiger partial charge in [-0.3, -0.25) is 9.20 Å². The van der Waals surface area contributed by atoms with Gasteiger partial charge in [-0.1, -0.05) is 23.7 Å². The Hall–Kier alpha value is -2.31. The second-order valence-corrected chi connectivity index (χ2v) is 7.56. The lowest BCUT2D eigenvalue weighted by Gasteiger charge is -2.35. The number of hydrogen-bond donors (Lipinski definition) is 0. The highest BCUT2D eigenvalue weighted by molar-refractivity contribution is 7.15. The minimum atomic E-state index is 0.00939. The molecule has 0 atom stereocenters. The first kappa shape index (κ1) is 17.1. The fourth-order valence-corrected chi connectivity index (χ4v) is 4.20. The molecule has 0 spiro atoms. The van der Waals surface area contributed by atoms with E-state index in [1.165, 1.54) is 22.6 Å². The fourth-order valence-electron chi connectivity index (χ4n) is 3.19. The van der Waals surface area contributed by atoms with E-state index in [-0.39, 0.29) is 5.91 Å². The second-order valence-electron chi connectivity index (χ2n) is 6.33. The first-order valence-corrected chi connectivity index (χ1v) is 9.77. The summed E-state index contributed by atoms with van der Waals surface area (Å²) in [5.41, 5.74) is 3.22. The number of benzene rings is 1. The molecule has 1 aromatic carbocycles. The molecule has 0 unspecified atom stereocenters. The largest absolute Gasteiger partial charge is 0.368 e. The maximum atomic E-state index is 12.5. The Morgan fingerprint density at radius 3 is 2.85 bits per heavy atom. The van der Waals surface area contributed by atoms with Crippen molar-refractivity contribution >= 4 is 45.6 Å². The molecule has 0 aliphatic carbocycles. The molecule has 7 heteroatoms. The number of fused-ring (bicyclic) bond motifs is 1. The third-order valence-electron chi connectivity index (χ3n) is 4.60. The normalized spacial score (nSPS) is 15.3. The minimum Gasteiger partial charge on any atom is -0.368 e. The number of anilines is 1. The molecule has 3 heterocycles. The van der Waals surface area contributed by atoms with E-state index >= 15 is 0 Å². The van der Waals surface area contributed by atoms with Crippen LogP contribution in [0, 0.1) is 6.92 Å². The van der Waals surface area contributed by atoms with Crippen molar-refractivity contribution in [1.29, 1.82) is 0 Å². The highest BCUT2D eigenvalue weighted by Crippen LogP contribution is 2.23. The smallest absolute Gasteiger partial charge is 0.246 e. The van der Waals surface area contributed by atoms with Crippen LogP contribution in [0.1, 0.15) is 11.3 Å². The number of aromatic nitrogens is 2. The van der Waals surface area contributed by atoms with E-state index in [1.807, 2.05) is 20.9 Å². The van der Waals surface area contributed by atoms with Crippen molar-refractivity contribution < 1.29 is 4.79 Å². The van der Waals surface area contributed by atoms with Gasteiger partial charge in [0.1, 0.15) is 0 Å². The molecule has 1 aliphatic heterocycles. The summed E-state index contributed by atoms with van der Waals surface area (Å²) in [4.78, 5) is 21.8. The van der Waals surface area contributed by atoms with E-state index in [4.69, 9.17) is 11.6 Å². The van der Waals surface area contributed by atoms with Crippen molar-refractivity contribution in [2.45, 2.75) is 6.92 Å². The number of piperazine rings is 1. The van der Waals surface area contributed by atoms with E-state index in [2.05, 4.69) is 41.1 Å². The zero-order chi connectivity index (χ0) is 18.1. The molecule has 1 fully saturated rings. The molecule has 0 saturated carbocycles. The monoisotopic (exact) mass is 386 g/mol. The molecule has 3 aromatic rings. The van der Waals surface area contributed by atoms with Gasteiger partial charge >= 0.3 is 0 Å². The lowest BCUT2D eigenvalue weighted by atomic mass is 10.2. The Labute approximate surface area is 161 Å². The van der Waals surface area contributed by atoms with E-state index in [0.717, 1.165) is 23.7 Å². The van der Waals surface area contributed by atoms with Crippen LogP contribution < -0.4 is 4.90 Å². The van der Waals surface area contributed by atoms with Crippen LogP contribution >= 0.6 is 22.9 Å². The maximum absolute atomic E-state index is 12.5. The van der Waals surface area contributed by atoms with Gasteiger partial charge in [-0.25, -0.2) is 4.98 Å². The van der Waals surface area contributed by atoms with Gasteiger partial charge < -0.3 is 9.80 Å². The number of carbonyl (C=O) groups excluding carboxylic acids is 1. The van der Waals surface area contributed by atoms with Crippen LogP contribution in [-0.4, -0.2) is 46.4 Å². The number of aryl methyl sites for hydroxylation is 1. The Morgan fingerprint density at radius 2 is 2.08 bits per heavy atom. The summed E-state index contributed by atoms with van der Waals surface area (Å²) >= 11 is 7.69. The molecular weight excluding hydrogens is 368 g/mol. The van der Waals surface area contributed by atoms with E-state index in [9.17, 15) is 4.79 Å². The number of imidazole rings is 1. The predicted octanol–water partition coefficient (Wildman–Crippen LogP) is 3.72. The molecule has 5 nitrogen and oxygen atoms in total. The maximum Gasteiger partial charge on any atom is 0.246 e. The molecule has 0 radical (unpaired) electrons. The molecule has 134 valence electrons. The summed E-state index contributed by atoms with van der Waals surface area (Å²) in [6.45, 7) is 5.20. The Balaban J connectivity index is 1.41. The number of amides is 1. The van der Waals surface area contributed by atoms with Crippen LogP contribution in [0.3, 0.4) is 0 Å². The highest BCUT2D eigenvalue weighted by Gasteiger charge is 2.20. The van der Waals surface area contributed by atoms with Gasteiger partial charge in [-0.05, 0) is 30.7 Å². The van der Waals surface area contributed by atoms with Crippen molar-refractivity contribution in [2.75, 3.05) is 31.1 Å². The molecule has 1 amide bonds. The zero-order valence-electron chi connectivity index (χ0n) is 14.4. The highest BCUT2D eigenvalue weighted by atomic mass is 35.5. The lowest BCUT2D eigenvalue weighted by Crippen LogP contribution is -2.48. The summed E-state index contributed by atoms with van der Waals surface area (Å²) in [5.74, 6) is 0.00939. The van der Waals surface area contributed by atoms with Crippen molar-refractivity contribution in [3.05, 3.63) is 58.3 Å². The van der Waals surface area contributed by atoms with Gasteiger partial charge in [0.15, 0.2) is 10.1 Å². The average Bonchev–Trinajstić information content (AvgIpc) is 3.20. The van der Waals surface area contributed by atoms with Gasteiger partial charge in [0.2, 0.25) is 5.91 Å². The SMILES string of the molecule is Cc1cccc(N2CCN(C(=O)/C=C/c3c(Cl)nc4sccn34)CC2)c1. The van der Waals surface area contributed by atoms with Crippen molar-refractivity contribution in [1.82, 2.24) is 14.3 Å². The number of halogens is 1. The van der Waals surface area contributed by atoms with Gasteiger partial charge in [0, 0.05) is 49.5 Å². The first-order valence-electron chi connectivity index (χ1n) is 8.51. The van der Waals surface area contributed by atoms with Crippen LogP contribution in [0.25, 0.3) is 11.0 Å². The summed E-state index contributed by atoms with van der Waals surface area (Å²) in [5, 5.41) is 2.37. The van der Waals surface area contributed by atoms with Gasteiger partial charge in [-0.15, -0.1) is 11.3 Å². The van der Waals surface area contributed by atoms with Crippen LogP contribution in [0.15, 0.2) is 41.9 Å². The first-order chi connectivity index (χ1) is 12.6. The van der Waals surface area contributed by atoms with E-state index < -0.39 is 0 Å². The van der Waals surface area contributed by atoms with E-state index in [1.54, 1.807) is 12.2 Å². The number of hydrogen-bond acceptors (Lipinski definition) is 4. The number of thiazole rings is 1. The topological polar surface area (TPSA) is 40.8 Å². The van der Waals surface area contributed by atoms with Crippen LogP contribution in [0.4, 0.5) is 5.69 Å². The number of carbonyl (C=O) groups is 1. The summed E-state index contributed by atoms with van der Waals surface area (Å²) in [6.07, 6.45) is 5.25. The zero-order valence-corrected chi connectivity index (χ0v) is 16.0. The quantitative estimate of drug-likeness (QED) is 0.644. The van der Waals surface area contributed by atoms with Crippen molar-refractivity contribution in [3.8, 4) is 0 Å². The third-order valence-corrected chi connectivity index (χ3v) is 5.63. The van der Waals surface area contributed by atoms with Crippen molar-refractivity contribution in [2.24, 2.45) is 0 Å². The van der Waals surface area contributed by atoms with Crippen molar-refractivity contribution in [3.63, 3.8) is 0 Å². The molecule has 4 rings (SSSR count). The van der Waals surface area contributed by atoms with Crippen LogP contribution in [0.5, 0.6) is 0 Å². The van der Waals surface area contributed by atoms with Gasteiger partial charge in [-0.2, -0.15) is 0 Å². The Morgan fingerprint density at radius 1 is 1.27 bits per heavy atom. The lowest BCUT2D eigenvalue weighted by molar-refractivity contribution is -0.126. The van der Waals surface area contributed by atoms with Crippen LogP contribution in [-0.2, 0) is 4.79 Å². The third kappa shape index (κ3) is 3.34. The van der Waals surface area contributed by atoms with Crippen LogP contribution in [0.2, 0.25) is 5.15 Å². The fraction of sp³-hybridized carbons (Fsp3) is 0.263. The standard InChI is InChI=1S/C19H19ClN4OS/c1-14-3-2-4-15(13-14)22-7-9-23(10-8-22)17(25)6-5-16-18(20)21-19-24(16)11-12-26-19/h2-6,11-13H,7-10H2,1H3/b6-5+. The predicted molar refractivity (Wildman–Crippen MR) is 107 cm³/mol. The minimum absolute atomic E-state index is 0.00939. The molecular formula is C19H19ClN4OS. The molecule has 0 N–H and O–H groups in total. The Bertz CT molecular complexity index is 969. The Kier molecular flexibility index (Phi) is 4.70. The number of rotatable bonds is 3. The second kappa shape index (κ2) is 7.13. The van der Waals surface area contributed by atoms with E-state index in [0.29, 0.717) is 18.2 Å². The summed E-state index contributed by atoms with van der Waals surface area (Å²) in [6, 6.07) is 8.48. The molecule has 1 saturated heterocycles. The van der Waals surface area contributed by atoms with Gasteiger partial charge in [0.05, 0.1) is 5.69 Å². The average molecular weight is 387 g/mol. The summed E-state index contributed by atoms with van der Waals surface area (Å²) < 4.78 is 1.90.